The van der Waals surface area contributed by atoms with Crippen molar-refractivity contribution in [1.82, 2.24) is 38.2 Å². The van der Waals surface area contributed by atoms with E-state index < -0.39 is 202 Å². The Balaban J connectivity index is 0.872. The van der Waals surface area contributed by atoms with Crippen LogP contribution in [-0.4, -0.2) is 272 Å². The van der Waals surface area contributed by atoms with Gasteiger partial charge in [0.05, 0.1) is 79.3 Å². The lowest BCUT2D eigenvalue weighted by Crippen LogP contribution is -2.50. The molecule has 8 fully saturated rings. The van der Waals surface area contributed by atoms with Gasteiger partial charge in [0.15, 0.2) is 48.1 Å². The molecule has 0 aromatic carbocycles. The highest BCUT2D eigenvalue weighted by Crippen LogP contribution is 2.57. The molecule has 0 bridgehead atoms. The topological polar surface area (TPSA) is 646 Å². The first kappa shape index (κ1) is 86.8. The van der Waals surface area contributed by atoms with E-state index in [9.17, 15) is 62.4 Å². The number of aliphatic hydroxyl groups excluding tert-OH is 1. The molecule has 4 aromatic rings. The molecule has 8 aliphatic rings. The fraction of sp³-hybridized carbons (Fsp3) is 0.733. The van der Waals surface area contributed by atoms with E-state index in [4.69, 9.17) is 130 Å². The van der Waals surface area contributed by atoms with Gasteiger partial charge >= 0.3 is 54.0 Å². The lowest BCUT2D eigenvalue weighted by atomic mass is 10.1. The van der Waals surface area contributed by atoms with Gasteiger partial charge in [0.25, 0.3) is 0 Å². The van der Waals surface area contributed by atoms with Crippen LogP contribution in [0.5, 0.6) is 0 Å². The molecule has 19 atom stereocenters. The van der Waals surface area contributed by atoms with Crippen LogP contribution in [-0.2, 0) is 126 Å². The summed E-state index contributed by atoms with van der Waals surface area (Å²) in [5, 5.41) is 12.0. The average Bonchev–Trinajstić information content (AvgIpc) is 1.64. The van der Waals surface area contributed by atoms with Gasteiger partial charge in [0.2, 0.25) is 0 Å². The van der Waals surface area contributed by atoms with Crippen molar-refractivity contribution in [1.29, 1.82) is 0 Å². The van der Waals surface area contributed by atoms with Crippen LogP contribution in [0.4, 0.5) is 23.3 Å². The number of methoxy groups -OCH3 is 4. The van der Waals surface area contributed by atoms with Crippen LogP contribution in [0.25, 0.3) is 0 Å². The Morgan fingerprint density at radius 3 is 0.858 bits per heavy atom. The first-order chi connectivity index (χ1) is 53.6. The summed E-state index contributed by atoms with van der Waals surface area (Å²) >= 11 is 0. The van der Waals surface area contributed by atoms with E-state index in [0.717, 1.165) is 42.9 Å². The third-order valence-corrected chi connectivity index (χ3v) is 23.4. The molecule has 0 saturated carbocycles. The normalized spacial score (nSPS) is 32.0. The molecule has 632 valence electrons. The second-order valence-electron chi connectivity index (χ2n) is 26.9. The smallest absolute Gasteiger partial charge is 0.387 e. The van der Waals surface area contributed by atoms with Gasteiger partial charge in [-0.15, -0.1) is 0 Å². The SMILES string of the molecule is COC1(O[C@@H]2[C@H](O)[C@@H](COP(=O)(O)O[C@H]3[C@@H](OC4(OC)CCOCC4)[C@H](n4ccc(N)nc4=O)O[C@@H]3COP(=O)(O)O[C@H]3[C@@H](OC4(OC)CCOCC4)[C@H](n4ccc(N)nc4=O)O[C@@H]3COP(=O)(O)O[C@H]3[C@@H](OC4(OC)CCOCC4)[C@H](n4ccc(N)nc4=O)O[C@@H]3COP(=O)(O)O)O[C@H]2n2ccc(N)nc2=O)CCOCC1. The molecule has 8 saturated heterocycles. The first-order valence-electron chi connectivity index (χ1n) is 35.2. The molecule has 53 heteroatoms. The maximum Gasteiger partial charge on any atom is 0.472 e. The monoisotopic (exact) mass is 1690 g/mol. The number of rotatable bonds is 34. The van der Waals surface area contributed by atoms with Crippen LogP contribution in [0.1, 0.15) is 76.3 Å². The van der Waals surface area contributed by atoms with Gasteiger partial charge in [0.1, 0.15) is 96.5 Å². The number of aromatic nitrogens is 8. The van der Waals surface area contributed by atoms with E-state index in [0.29, 0.717) is 0 Å². The van der Waals surface area contributed by atoms with E-state index in [1.54, 1.807) is 0 Å². The third kappa shape index (κ3) is 20.6. The molecular weight excluding hydrogens is 1600 g/mol. The molecule has 0 radical (unpaired) electrons. The van der Waals surface area contributed by atoms with E-state index in [1.807, 2.05) is 0 Å². The van der Waals surface area contributed by atoms with E-state index in [1.165, 1.54) is 52.8 Å². The van der Waals surface area contributed by atoms with Gasteiger partial charge < -0.3 is 128 Å². The Kier molecular flexibility index (Phi) is 27.6. The number of ether oxygens (including phenoxy) is 16. The van der Waals surface area contributed by atoms with Crippen LogP contribution >= 0.6 is 31.3 Å². The fourth-order valence-electron chi connectivity index (χ4n) is 14.1. The van der Waals surface area contributed by atoms with E-state index in [-0.39, 0.29) is 127 Å². The summed E-state index contributed by atoms with van der Waals surface area (Å²) in [6.07, 6.45) is -25.1. The minimum Gasteiger partial charge on any atom is -0.387 e. The molecule has 0 spiro atoms. The second kappa shape index (κ2) is 36.0. The highest BCUT2D eigenvalue weighted by atomic mass is 31.2. The van der Waals surface area contributed by atoms with E-state index >= 15 is 4.57 Å². The summed E-state index contributed by atoms with van der Waals surface area (Å²) in [6, 6.07) is 4.80. The third-order valence-electron chi connectivity index (χ3n) is 20.0. The van der Waals surface area contributed by atoms with Gasteiger partial charge in [-0.1, -0.05) is 0 Å². The maximum atomic E-state index is 15.3. The Bertz CT molecular complexity index is 4370. The lowest BCUT2D eigenvalue weighted by molar-refractivity contribution is -0.293. The largest absolute Gasteiger partial charge is 0.472 e. The predicted molar refractivity (Wildman–Crippen MR) is 372 cm³/mol. The van der Waals surface area contributed by atoms with Crippen molar-refractivity contribution in [2.45, 2.75) is 173 Å². The van der Waals surface area contributed by atoms with Gasteiger partial charge in [-0.05, 0) is 24.3 Å². The van der Waals surface area contributed by atoms with Crippen LogP contribution in [0, 0.1) is 0 Å². The summed E-state index contributed by atoms with van der Waals surface area (Å²) < 4.78 is 198. The molecule has 14 N–H and O–H groups in total. The standard InChI is InChI=1S/C60H90N12O37P4/c1-87-57(9-21-91-22-10-57)103-45-41(73)33(99-49(45)69-17-5-37(61)65-53(69)74)29-96-111(81,82)108-43-35(101-51(71-19-7-39(63)67-55(71)76)47(43)105-59(89-3)13-25-93-26-14-59)31-98-113(85,86)109-44-36(102-52(72-20-8-40(64)68-56(72)77)48(44)106-60(90-4)15-27-94-28-16-60)32-97-112(83,84)107-42-34(30-95-110(78,79)80)100-50(70-18-6-38(62)66-54(70)75)46(42)104-58(88-2)11-23-92-24-12-58/h5-8,17-20,33-36,41-52,73H,9-16,21-32H2,1-4H3,(H,81,82)(H,83,84)(H,85,86)(H2,61,65,74)(H2,62,66,75)(H2,63,67,76)(H2,64,68,77)(H2,78,79,80)/t33-,34-,35-,36-,41-,42-,43-,44-,45-,46-,47-,48-,49-,50-,51-,52-/m1/s1. The number of phosphoric acid groups is 4. The van der Waals surface area contributed by atoms with Crippen LogP contribution in [0.15, 0.2) is 68.2 Å². The fourth-order valence-corrected chi connectivity index (χ4v) is 17.3. The van der Waals surface area contributed by atoms with Crippen molar-refractivity contribution in [3.63, 3.8) is 0 Å². The Morgan fingerprint density at radius 1 is 0.381 bits per heavy atom. The Hall–Kier alpha value is -5.52. The number of nitrogen functional groups attached to an aromatic ring is 4. The highest BCUT2D eigenvalue weighted by Gasteiger charge is 2.60. The molecule has 3 unspecified atom stereocenters. The minimum absolute atomic E-state index is 0.00289. The van der Waals surface area contributed by atoms with Crippen LogP contribution < -0.4 is 45.7 Å². The minimum atomic E-state index is -5.97. The first-order valence-corrected chi connectivity index (χ1v) is 41.2. The predicted octanol–water partition coefficient (Wildman–Crippen LogP) is -1.94. The second-order valence-corrected chi connectivity index (χ2v) is 32.4. The number of hydrogen-bond donors (Lipinski definition) is 10. The Morgan fingerprint density at radius 2 is 0.611 bits per heavy atom. The number of phosphoric ester groups is 4. The molecule has 4 aromatic heterocycles. The zero-order chi connectivity index (χ0) is 81.1. The van der Waals surface area contributed by atoms with Gasteiger partial charge in [-0.3, -0.25) is 49.9 Å². The molecular formula is C60H90N12O37P4. The molecule has 49 nitrogen and oxygen atoms in total. The van der Waals surface area contributed by atoms with Crippen molar-refractivity contribution in [3.8, 4) is 0 Å². The summed E-state index contributed by atoms with van der Waals surface area (Å²) in [4.78, 5) is 126. The number of hydrogen-bond acceptors (Lipinski definition) is 40. The van der Waals surface area contributed by atoms with Crippen molar-refractivity contribution >= 4 is 54.6 Å². The quantitative estimate of drug-likeness (QED) is 0.0180. The van der Waals surface area contributed by atoms with Crippen LogP contribution in [0.3, 0.4) is 0 Å². The van der Waals surface area contributed by atoms with Crippen LogP contribution in [0.2, 0.25) is 0 Å². The molecule has 8 aliphatic heterocycles. The summed E-state index contributed by atoms with van der Waals surface area (Å²) in [5.74, 6) is -7.39. The van der Waals surface area contributed by atoms with Gasteiger partial charge in [-0.2, -0.15) is 19.9 Å². The molecule has 0 amide bonds. The molecule has 12 heterocycles. The highest BCUT2D eigenvalue weighted by molar-refractivity contribution is 7.48. The van der Waals surface area contributed by atoms with Crippen molar-refractivity contribution in [2.24, 2.45) is 0 Å². The number of anilines is 4. The number of nitrogens with two attached hydrogens (primary N) is 4. The van der Waals surface area contributed by atoms with Gasteiger partial charge in [-0.25, -0.2) is 37.4 Å². The molecule has 12 rings (SSSR count). The zero-order valence-electron chi connectivity index (χ0n) is 61.0. The average molecular weight is 1700 g/mol. The molecule has 113 heavy (non-hydrogen) atoms. The lowest BCUT2D eigenvalue weighted by Gasteiger charge is -2.40. The molecule has 0 aliphatic carbocycles. The van der Waals surface area contributed by atoms with Crippen molar-refractivity contribution in [2.75, 3.05) is 131 Å². The Labute approximate surface area is 640 Å². The van der Waals surface area contributed by atoms with Crippen molar-refractivity contribution < 1.29 is 155 Å². The summed E-state index contributed by atoms with van der Waals surface area (Å²) in [5.41, 5.74) is 19.3. The van der Waals surface area contributed by atoms with E-state index in [2.05, 4.69) is 19.9 Å². The van der Waals surface area contributed by atoms with Gasteiger partial charge in [0, 0.05) is 105 Å². The summed E-state index contributed by atoms with van der Waals surface area (Å²) in [6.45, 7) is -4.29. The van der Waals surface area contributed by atoms with Crippen molar-refractivity contribution in [3.05, 3.63) is 91.0 Å². The number of nitrogens with zero attached hydrogens (tertiary/aromatic N) is 8. The zero-order valence-corrected chi connectivity index (χ0v) is 64.6. The maximum absolute atomic E-state index is 15.3. The summed E-state index contributed by atoms with van der Waals surface area (Å²) in [7, 11) is -17.8. The number of aliphatic hydroxyl groups is 1.